The molecule has 4 nitrogen and oxygen atoms in total. The van der Waals surface area contributed by atoms with Crippen molar-refractivity contribution in [3.8, 4) is 11.5 Å². The molecule has 3 aliphatic rings. The normalized spacial score (nSPS) is 29.6. The molecule has 0 spiro atoms. The Kier molecular flexibility index (Phi) is 8.38. The van der Waals surface area contributed by atoms with Crippen LogP contribution in [0.3, 0.4) is 0 Å². The zero-order chi connectivity index (χ0) is 27.7. The summed E-state index contributed by atoms with van der Waals surface area (Å²) in [6, 6.07) is 5.33. The molecule has 3 fully saturated rings. The summed E-state index contributed by atoms with van der Waals surface area (Å²) in [5.41, 5.74) is 0.618. The summed E-state index contributed by atoms with van der Waals surface area (Å²) >= 11 is 0. The Balaban J connectivity index is 1.05. The van der Waals surface area contributed by atoms with Crippen LogP contribution in [0.25, 0.3) is 0 Å². The summed E-state index contributed by atoms with van der Waals surface area (Å²) in [7, 11) is 0. The molecule has 5 rings (SSSR count). The molecule has 39 heavy (non-hydrogen) atoms. The lowest BCUT2D eigenvalue weighted by Gasteiger charge is -2.38. The van der Waals surface area contributed by atoms with E-state index in [4.69, 9.17) is 4.74 Å². The first kappa shape index (κ1) is 27.8. The van der Waals surface area contributed by atoms with E-state index in [-0.39, 0.29) is 35.4 Å². The zero-order valence-electron chi connectivity index (χ0n) is 22.0. The maximum atomic E-state index is 14.3. The van der Waals surface area contributed by atoms with Crippen LogP contribution in [0.4, 0.5) is 17.6 Å². The minimum atomic E-state index is -1.22. The number of carbonyl (C=O) groups excluding carboxylic acids is 1. The summed E-state index contributed by atoms with van der Waals surface area (Å²) in [6.45, 7) is 0. The van der Waals surface area contributed by atoms with Gasteiger partial charge in [-0.25, -0.2) is 8.78 Å². The first-order chi connectivity index (χ1) is 18.7. The average Bonchev–Trinajstić information content (AvgIpc) is 2.96. The van der Waals surface area contributed by atoms with E-state index in [0.29, 0.717) is 43.1 Å². The Hall–Kier alpha value is -2.77. The van der Waals surface area contributed by atoms with Crippen molar-refractivity contribution in [2.24, 2.45) is 17.8 Å². The van der Waals surface area contributed by atoms with Gasteiger partial charge in [-0.1, -0.05) is 12.1 Å². The van der Waals surface area contributed by atoms with Gasteiger partial charge in [-0.15, -0.1) is 0 Å². The van der Waals surface area contributed by atoms with Gasteiger partial charge in [-0.2, -0.15) is 8.78 Å². The lowest BCUT2D eigenvalue weighted by atomic mass is 9.68. The molecule has 0 aromatic heterocycles. The Morgan fingerprint density at radius 3 is 1.46 bits per heavy atom. The summed E-state index contributed by atoms with van der Waals surface area (Å²) in [5, 5.41) is 18.7. The molecule has 0 heterocycles. The minimum absolute atomic E-state index is 0.0395. The lowest BCUT2D eigenvalue weighted by molar-refractivity contribution is -0.157. The van der Waals surface area contributed by atoms with Crippen molar-refractivity contribution < 1.29 is 37.3 Å². The van der Waals surface area contributed by atoms with Gasteiger partial charge in [-0.05, 0) is 124 Å². The molecule has 0 aliphatic heterocycles. The number of hydrogen-bond donors (Lipinski definition) is 2. The topological polar surface area (TPSA) is 66.8 Å². The number of hydrogen-bond acceptors (Lipinski definition) is 4. The molecule has 3 aliphatic carbocycles. The Bertz CT molecular complexity index is 1180. The molecule has 8 heteroatoms. The van der Waals surface area contributed by atoms with Gasteiger partial charge in [0.25, 0.3) is 0 Å². The summed E-state index contributed by atoms with van der Waals surface area (Å²) in [4.78, 5) is 12.9. The van der Waals surface area contributed by atoms with Gasteiger partial charge < -0.3 is 14.9 Å². The van der Waals surface area contributed by atoms with Crippen LogP contribution in [-0.4, -0.2) is 22.3 Å². The van der Waals surface area contributed by atoms with Crippen LogP contribution in [-0.2, 0) is 9.53 Å². The predicted molar refractivity (Wildman–Crippen MR) is 137 cm³/mol. The van der Waals surface area contributed by atoms with E-state index in [1.54, 1.807) is 0 Å². The van der Waals surface area contributed by atoms with E-state index >= 15 is 0 Å². The highest BCUT2D eigenvalue weighted by atomic mass is 19.2. The third-order valence-electron chi connectivity index (χ3n) is 9.56. The molecule has 0 bridgehead atoms. The molecule has 2 aromatic carbocycles. The van der Waals surface area contributed by atoms with Crippen molar-refractivity contribution in [2.45, 2.75) is 95.0 Å². The highest BCUT2D eigenvalue weighted by molar-refractivity contribution is 5.72. The fourth-order valence-electron chi connectivity index (χ4n) is 7.22. The number of phenolic OH excluding ortho intramolecular Hbond substituents is 2. The second-order valence-corrected chi connectivity index (χ2v) is 11.7. The third kappa shape index (κ3) is 5.90. The Labute approximate surface area is 226 Å². The number of carbonyl (C=O) groups is 1. The van der Waals surface area contributed by atoms with E-state index in [1.165, 1.54) is 24.3 Å². The molecular formula is C31H36F4O4. The average molecular weight is 549 g/mol. The van der Waals surface area contributed by atoms with Crippen LogP contribution in [0, 0.1) is 41.0 Å². The van der Waals surface area contributed by atoms with Gasteiger partial charge >= 0.3 is 5.97 Å². The molecule has 3 saturated carbocycles. The highest BCUT2D eigenvalue weighted by Crippen LogP contribution is 2.45. The molecule has 212 valence electrons. The predicted octanol–water partition coefficient (Wildman–Crippen LogP) is 8.00. The van der Waals surface area contributed by atoms with Crippen LogP contribution >= 0.6 is 0 Å². The quantitative estimate of drug-likeness (QED) is 0.293. The largest absolute Gasteiger partial charge is 0.505 e. The monoisotopic (exact) mass is 548 g/mol. The number of esters is 1. The van der Waals surface area contributed by atoms with Gasteiger partial charge in [0.1, 0.15) is 6.10 Å². The summed E-state index contributed by atoms with van der Waals surface area (Å²) in [6.07, 6.45) is 9.12. The maximum absolute atomic E-state index is 14.3. The van der Waals surface area contributed by atoms with Crippen molar-refractivity contribution in [3.63, 3.8) is 0 Å². The van der Waals surface area contributed by atoms with Crippen molar-refractivity contribution in [2.75, 3.05) is 0 Å². The molecular weight excluding hydrogens is 512 g/mol. The molecule has 2 N–H and O–H groups in total. The van der Waals surface area contributed by atoms with Crippen LogP contribution in [0.1, 0.15) is 100 Å². The van der Waals surface area contributed by atoms with Gasteiger partial charge in [0.15, 0.2) is 23.1 Å². The van der Waals surface area contributed by atoms with E-state index < -0.39 is 34.8 Å². The Morgan fingerprint density at radius 2 is 1.00 bits per heavy atom. The maximum Gasteiger partial charge on any atom is 0.309 e. The van der Waals surface area contributed by atoms with Crippen molar-refractivity contribution in [1.82, 2.24) is 0 Å². The molecule has 2 aromatic rings. The van der Waals surface area contributed by atoms with Crippen molar-refractivity contribution >= 4 is 5.97 Å². The summed E-state index contributed by atoms with van der Waals surface area (Å²) in [5.74, 6) is -5.12. The van der Waals surface area contributed by atoms with E-state index in [0.717, 1.165) is 51.4 Å². The fraction of sp³-hybridized carbons (Fsp3) is 0.581. The van der Waals surface area contributed by atoms with Crippen LogP contribution in [0.15, 0.2) is 24.3 Å². The molecule has 0 saturated heterocycles. The molecule has 0 unspecified atom stereocenters. The van der Waals surface area contributed by atoms with E-state index in [9.17, 15) is 32.6 Å². The second kappa shape index (κ2) is 11.8. The number of halogens is 4. The minimum Gasteiger partial charge on any atom is -0.505 e. The van der Waals surface area contributed by atoms with Gasteiger partial charge in [0.05, 0.1) is 5.92 Å². The van der Waals surface area contributed by atoms with Gasteiger partial charge in [0, 0.05) is 0 Å². The second-order valence-electron chi connectivity index (χ2n) is 11.7. The molecule has 0 amide bonds. The van der Waals surface area contributed by atoms with Crippen LogP contribution in [0.2, 0.25) is 0 Å². The summed E-state index contributed by atoms with van der Waals surface area (Å²) < 4.78 is 61.9. The number of ether oxygens (including phenoxy) is 1. The van der Waals surface area contributed by atoms with E-state index in [1.807, 2.05) is 0 Å². The van der Waals surface area contributed by atoms with Gasteiger partial charge in [0.2, 0.25) is 11.6 Å². The SMILES string of the molecule is O=C(OC1CCC(c2ccc(O)c(F)c2F)CC1)C1CCC(C2CCC(c3ccc(O)c(F)c3F)CC2)CC1. The number of rotatable bonds is 5. The van der Waals surface area contributed by atoms with Crippen LogP contribution in [0.5, 0.6) is 11.5 Å². The first-order valence-corrected chi connectivity index (χ1v) is 14.3. The van der Waals surface area contributed by atoms with Gasteiger partial charge in [-0.3, -0.25) is 4.79 Å². The highest BCUT2D eigenvalue weighted by Gasteiger charge is 2.36. The smallest absolute Gasteiger partial charge is 0.309 e. The Morgan fingerprint density at radius 1 is 0.590 bits per heavy atom. The number of benzene rings is 2. The first-order valence-electron chi connectivity index (χ1n) is 14.3. The lowest BCUT2D eigenvalue weighted by Crippen LogP contribution is -2.32. The van der Waals surface area contributed by atoms with Crippen LogP contribution < -0.4 is 0 Å². The standard InChI is InChI=1S/C31H36F4O4/c32-27-23(13-15-25(36)29(27)34)19-5-1-17(2-6-19)18-3-7-21(8-4-18)31(38)39-22-11-9-20(10-12-22)24-14-16-26(37)30(35)28(24)33/h13-22,36-37H,1-12H2. The van der Waals surface area contributed by atoms with E-state index in [2.05, 4.69) is 0 Å². The molecule has 0 atom stereocenters. The fourth-order valence-corrected chi connectivity index (χ4v) is 7.22. The van der Waals surface area contributed by atoms with Crippen molar-refractivity contribution in [1.29, 1.82) is 0 Å². The third-order valence-corrected chi connectivity index (χ3v) is 9.56. The van der Waals surface area contributed by atoms with Crippen molar-refractivity contribution in [3.05, 3.63) is 58.7 Å². The number of phenols is 2. The molecule has 0 radical (unpaired) electrons. The zero-order valence-corrected chi connectivity index (χ0v) is 22.0. The number of aromatic hydroxyl groups is 2.